The third-order valence-electron chi connectivity index (χ3n) is 5.05. The van der Waals surface area contributed by atoms with Gasteiger partial charge in [0.25, 0.3) is 5.91 Å². The van der Waals surface area contributed by atoms with Crippen molar-refractivity contribution < 1.29 is 18.0 Å². The van der Waals surface area contributed by atoms with E-state index >= 15 is 0 Å². The van der Waals surface area contributed by atoms with Crippen LogP contribution in [0.5, 0.6) is 0 Å². The van der Waals surface area contributed by atoms with Crippen LogP contribution in [0.15, 0.2) is 53.4 Å². The van der Waals surface area contributed by atoms with Gasteiger partial charge < -0.3 is 15.5 Å². The first-order valence-electron chi connectivity index (χ1n) is 10.4. The van der Waals surface area contributed by atoms with Gasteiger partial charge in [0.05, 0.1) is 5.02 Å². The zero-order valence-corrected chi connectivity index (χ0v) is 19.6. The van der Waals surface area contributed by atoms with E-state index in [1.165, 1.54) is 10.4 Å². The minimum absolute atomic E-state index is 0.0510. The number of piperazine rings is 1. The summed E-state index contributed by atoms with van der Waals surface area (Å²) in [5.41, 5.74) is 1.39. The van der Waals surface area contributed by atoms with Gasteiger partial charge in [-0.15, -0.1) is 0 Å². The highest BCUT2D eigenvalue weighted by molar-refractivity contribution is 7.89. The van der Waals surface area contributed by atoms with E-state index in [9.17, 15) is 18.0 Å². The summed E-state index contributed by atoms with van der Waals surface area (Å²) >= 11 is 6.06. The molecule has 3 amide bonds. The normalized spacial score (nSPS) is 14.9. The molecule has 1 fully saturated rings. The summed E-state index contributed by atoms with van der Waals surface area (Å²) in [6.45, 7) is 5.10. The SMILES string of the molecule is CC(C)NC(=O)NCc1ccc(C(=O)N2CCN(S(=O)(=O)c3ccccc3Cl)CC2)cc1. The second-order valence-corrected chi connectivity index (χ2v) is 10.1. The topological polar surface area (TPSA) is 98.8 Å². The molecule has 0 aliphatic carbocycles. The average Bonchev–Trinajstić information content (AvgIpc) is 2.77. The molecule has 2 aromatic carbocycles. The summed E-state index contributed by atoms with van der Waals surface area (Å²) in [5, 5.41) is 5.69. The number of rotatable bonds is 6. The third-order valence-corrected chi connectivity index (χ3v) is 7.45. The Labute approximate surface area is 193 Å². The van der Waals surface area contributed by atoms with E-state index in [1.54, 1.807) is 47.4 Å². The first-order valence-corrected chi connectivity index (χ1v) is 12.2. The van der Waals surface area contributed by atoms with Gasteiger partial charge in [0, 0.05) is 44.3 Å². The van der Waals surface area contributed by atoms with Crippen molar-refractivity contribution in [2.75, 3.05) is 26.2 Å². The number of carbonyl (C=O) groups is 2. The molecule has 2 aromatic rings. The van der Waals surface area contributed by atoms with E-state index in [-0.39, 0.29) is 41.0 Å². The van der Waals surface area contributed by atoms with Gasteiger partial charge in [0.1, 0.15) is 4.90 Å². The molecule has 172 valence electrons. The van der Waals surface area contributed by atoms with Crippen molar-refractivity contribution in [2.45, 2.75) is 31.3 Å². The van der Waals surface area contributed by atoms with Gasteiger partial charge in [-0.3, -0.25) is 4.79 Å². The zero-order chi connectivity index (χ0) is 23.3. The van der Waals surface area contributed by atoms with Crippen LogP contribution in [-0.4, -0.2) is 61.8 Å². The van der Waals surface area contributed by atoms with Crippen molar-refractivity contribution in [1.82, 2.24) is 19.8 Å². The highest BCUT2D eigenvalue weighted by Gasteiger charge is 2.31. The Bertz CT molecular complexity index is 1070. The molecule has 1 aliphatic rings. The van der Waals surface area contributed by atoms with Gasteiger partial charge in [0.2, 0.25) is 10.0 Å². The maximum Gasteiger partial charge on any atom is 0.315 e. The first kappa shape index (κ1) is 24.0. The second kappa shape index (κ2) is 10.3. The molecule has 1 saturated heterocycles. The van der Waals surface area contributed by atoms with Crippen LogP contribution in [0.2, 0.25) is 5.02 Å². The van der Waals surface area contributed by atoms with Gasteiger partial charge >= 0.3 is 6.03 Å². The molecule has 8 nitrogen and oxygen atoms in total. The van der Waals surface area contributed by atoms with E-state index in [0.29, 0.717) is 25.2 Å². The van der Waals surface area contributed by atoms with Crippen LogP contribution in [0, 0.1) is 0 Å². The maximum absolute atomic E-state index is 12.9. The monoisotopic (exact) mass is 478 g/mol. The largest absolute Gasteiger partial charge is 0.336 e. The van der Waals surface area contributed by atoms with E-state index < -0.39 is 10.0 Å². The highest BCUT2D eigenvalue weighted by atomic mass is 35.5. The van der Waals surface area contributed by atoms with Crippen LogP contribution >= 0.6 is 11.6 Å². The molecule has 0 aromatic heterocycles. The minimum Gasteiger partial charge on any atom is -0.336 e. The number of hydrogen-bond donors (Lipinski definition) is 2. The van der Waals surface area contributed by atoms with E-state index in [1.807, 2.05) is 13.8 Å². The van der Waals surface area contributed by atoms with Crippen LogP contribution in [0.1, 0.15) is 29.8 Å². The van der Waals surface area contributed by atoms with E-state index in [0.717, 1.165) is 5.56 Å². The van der Waals surface area contributed by atoms with E-state index in [2.05, 4.69) is 10.6 Å². The molecule has 0 saturated carbocycles. The van der Waals surface area contributed by atoms with Crippen LogP contribution < -0.4 is 10.6 Å². The lowest BCUT2D eigenvalue weighted by Gasteiger charge is -2.34. The lowest BCUT2D eigenvalue weighted by atomic mass is 10.1. The molecule has 0 spiro atoms. The third kappa shape index (κ3) is 5.79. The molecule has 1 heterocycles. The van der Waals surface area contributed by atoms with Crippen molar-refractivity contribution in [3.63, 3.8) is 0 Å². The molecule has 0 atom stereocenters. The number of nitrogens with zero attached hydrogens (tertiary/aromatic N) is 2. The molecular weight excluding hydrogens is 452 g/mol. The standard InChI is InChI=1S/C22H27ClN4O4S/c1-16(2)25-22(29)24-15-17-7-9-18(10-8-17)21(28)26-11-13-27(14-12-26)32(30,31)20-6-4-3-5-19(20)23/h3-10,16H,11-15H2,1-2H3,(H2,24,25,29). The predicted molar refractivity (Wildman–Crippen MR) is 123 cm³/mol. The number of carbonyl (C=O) groups excluding carboxylic acids is 2. The Morgan fingerprint density at radius 2 is 1.62 bits per heavy atom. The Balaban J connectivity index is 1.56. The average molecular weight is 479 g/mol. The van der Waals surface area contributed by atoms with Crippen molar-refractivity contribution in [1.29, 1.82) is 0 Å². The number of halogens is 1. The smallest absolute Gasteiger partial charge is 0.315 e. The molecule has 0 bridgehead atoms. The highest BCUT2D eigenvalue weighted by Crippen LogP contribution is 2.25. The molecule has 0 radical (unpaired) electrons. The van der Waals surface area contributed by atoms with Crippen molar-refractivity contribution >= 4 is 33.6 Å². The quantitative estimate of drug-likeness (QED) is 0.666. The lowest BCUT2D eigenvalue weighted by molar-refractivity contribution is 0.0698. The molecule has 0 unspecified atom stereocenters. The predicted octanol–water partition coefficient (Wildman–Crippen LogP) is 2.69. The Morgan fingerprint density at radius 3 is 2.22 bits per heavy atom. The Morgan fingerprint density at radius 1 is 1.00 bits per heavy atom. The number of nitrogens with one attached hydrogen (secondary N) is 2. The summed E-state index contributed by atoms with van der Waals surface area (Å²) in [6, 6.07) is 13.2. The lowest BCUT2D eigenvalue weighted by Crippen LogP contribution is -2.50. The molecular formula is C22H27ClN4O4S. The number of amides is 3. The number of benzene rings is 2. The Hall–Kier alpha value is -2.62. The number of hydrogen-bond acceptors (Lipinski definition) is 4. The molecule has 10 heteroatoms. The van der Waals surface area contributed by atoms with Crippen molar-refractivity contribution in [3.8, 4) is 0 Å². The van der Waals surface area contributed by atoms with Gasteiger partial charge in [-0.1, -0.05) is 35.9 Å². The van der Waals surface area contributed by atoms with Crippen LogP contribution in [-0.2, 0) is 16.6 Å². The second-order valence-electron chi connectivity index (χ2n) is 7.81. The zero-order valence-electron chi connectivity index (χ0n) is 18.0. The first-order chi connectivity index (χ1) is 15.2. The van der Waals surface area contributed by atoms with Crippen LogP contribution in [0.25, 0.3) is 0 Å². The summed E-state index contributed by atoms with van der Waals surface area (Å²) < 4.78 is 27.1. The minimum atomic E-state index is -3.71. The van der Waals surface area contributed by atoms with Crippen LogP contribution in [0.3, 0.4) is 0 Å². The van der Waals surface area contributed by atoms with Gasteiger partial charge in [-0.25, -0.2) is 13.2 Å². The molecule has 1 aliphatic heterocycles. The Kier molecular flexibility index (Phi) is 7.76. The summed E-state index contributed by atoms with van der Waals surface area (Å²) in [6.07, 6.45) is 0. The maximum atomic E-state index is 12.9. The van der Waals surface area contributed by atoms with Gasteiger partial charge in [-0.2, -0.15) is 4.31 Å². The van der Waals surface area contributed by atoms with E-state index in [4.69, 9.17) is 11.6 Å². The summed E-state index contributed by atoms with van der Waals surface area (Å²) in [5.74, 6) is -0.156. The molecule has 32 heavy (non-hydrogen) atoms. The van der Waals surface area contributed by atoms with Gasteiger partial charge in [-0.05, 0) is 43.7 Å². The van der Waals surface area contributed by atoms with Gasteiger partial charge in [0.15, 0.2) is 0 Å². The molecule has 3 rings (SSSR count). The number of sulfonamides is 1. The fraction of sp³-hybridized carbons (Fsp3) is 0.364. The summed E-state index contributed by atoms with van der Waals surface area (Å²) in [7, 11) is -3.71. The van der Waals surface area contributed by atoms with Crippen molar-refractivity contribution in [2.24, 2.45) is 0 Å². The van der Waals surface area contributed by atoms with Crippen LogP contribution in [0.4, 0.5) is 4.79 Å². The fourth-order valence-electron chi connectivity index (χ4n) is 3.37. The van der Waals surface area contributed by atoms with Crippen molar-refractivity contribution in [3.05, 3.63) is 64.7 Å². The fourth-order valence-corrected chi connectivity index (χ4v) is 5.28. The number of urea groups is 1. The summed E-state index contributed by atoms with van der Waals surface area (Å²) in [4.78, 5) is 26.2. The molecule has 2 N–H and O–H groups in total.